The number of phenols is 2. The predicted octanol–water partition coefficient (Wildman–Crippen LogP) is 3.99. The second kappa shape index (κ2) is 12.2. The number of likely N-dealkylation sites (N-methyl/N-ethyl adjacent to an activating group) is 1. The quantitative estimate of drug-likeness (QED) is 0.170. The number of carbonyl (C=O) groups is 4. The number of benzene rings is 4. The summed E-state index contributed by atoms with van der Waals surface area (Å²) in [5.41, 5.74) is 0.965. The summed E-state index contributed by atoms with van der Waals surface area (Å²) in [5.74, 6) is -4.48. The minimum Gasteiger partial charge on any atom is -0.504 e. The summed E-state index contributed by atoms with van der Waals surface area (Å²) in [5, 5.41) is 30.5. The first-order chi connectivity index (χ1) is 25.1. The van der Waals surface area contributed by atoms with Crippen molar-refractivity contribution in [3.05, 3.63) is 107 Å². The molecule has 0 bridgehead atoms. The number of nitrogens with zero attached hydrogens (tertiary/aromatic N) is 1. The Balaban J connectivity index is 1.21. The van der Waals surface area contributed by atoms with Crippen molar-refractivity contribution in [2.45, 2.75) is 29.3 Å². The number of nitrogens with one attached hydrogen (secondary N) is 3. The molecule has 0 aromatic heterocycles. The minimum atomic E-state index is -1.42. The van der Waals surface area contributed by atoms with Crippen LogP contribution in [-0.4, -0.2) is 72.9 Å². The molecule has 2 amide bonds. The first kappa shape index (κ1) is 33.4. The number of methoxy groups -OCH3 is 2. The number of Topliss-reactive ketones (excluding diaryl/α,β-unsaturated/α-hetero) is 2. The van der Waals surface area contributed by atoms with E-state index in [0.29, 0.717) is 40.2 Å². The number of aromatic hydroxyl groups is 2. The molecule has 52 heavy (non-hydrogen) atoms. The third-order valence-electron chi connectivity index (χ3n) is 11.6. The van der Waals surface area contributed by atoms with Crippen LogP contribution >= 0.6 is 0 Å². The van der Waals surface area contributed by atoms with E-state index in [1.165, 1.54) is 20.3 Å². The standard InChI is InChI=1S/C40H38N4O8/c1-44-20-24(21-13-15-33(51-2)31(47)16-21)36(40(44)26-9-5-7-11-28(26)43-38(40)50)32(48)18-30(46)23-19-41-39(25-8-4-6-10-27(25)42-37(39)49)35(23)22-12-14-29(45)34(17-22)52-3/h4-17,23-24,35-36,41,45,47H,18-20H2,1-3H3,(H,42,49)(H,43,50). The van der Waals surface area contributed by atoms with Crippen molar-refractivity contribution in [2.75, 3.05) is 45.0 Å². The van der Waals surface area contributed by atoms with Gasteiger partial charge in [0.2, 0.25) is 11.8 Å². The van der Waals surface area contributed by atoms with Crippen LogP contribution in [0.5, 0.6) is 23.0 Å². The molecule has 2 fully saturated rings. The maximum absolute atomic E-state index is 15.0. The van der Waals surface area contributed by atoms with Crippen molar-refractivity contribution in [2.24, 2.45) is 11.8 Å². The topological polar surface area (TPSA) is 167 Å². The first-order valence-corrected chi connectivity index (χ1v) is 17.1. The van der Waals surface area contributed by atoms with Gasteiger partial charge in [-0.3, -0.25) is 29.4 Å². The molecule has 5 N–H and O–H groups in total. The lowest BCUT2D eigenvalue weighted by Gasteiger charge is -2.36. The van der Waals surface area contributed by atoms with E-state index in [1.807, 2.05) is 41.3 Å². The highest BCUT2D eigenvalue weighted by Crippen LogP contribution is 2.57. The van der Waals surface area contributed by atoms with Gasteiger partial charge in [-0.25, -0.2) is 0 Å². The van der Waals surface area contributed by atoms with Crippen molar-refractivity contribution in [3.63, 3.8) is 0 Å². The minimum absolute atomic E-state index is 0.0938. The van der Waals surface area contributed by atoms with Gasteiger partial charge >= 0.3 is 0 Å². The normalized spacial score (nSPS) is 27.4. The fourth-order valence-electron chi connectivity index (χ4n) is 9.36. The highest BCUT2D eigenvalue weighted by atomic mass is 16.5. The average molecular weight is 703 g/mol. The SMILES string of the molecule is COc1ccc(C2CN(C)C3(C(=O)Nc4ccccc43)C2C(=O)CC(=O)C2CNC3(C(=O)Nc4ccccc43)C2c2ccc(O)c(OC)c2)cc1O. The van der Waals surface area contributed by atoms with E-state index in [9.17, 15) is 29.4 Å². The molecular weight excluding hydrogens is 664 g/mol. The number of para-hydroxylation sites is 2. The molecule has 2 saturated heterocycles. The number of hydrogen-bond donors (Lipinski definition) is 5. The van der Waals surface area contributed by atoms with Crippen LogP contribution in [0.25, 0.3) is 0 Å². The molecule has 4 aromatic carbocycles. The third kappa shape index (κ3) is 4.60. The molecule has 12 heteroatoms. The molecule has 6 unspecified atom stereocenters. The summed E-state index contributed by atoms with van der Waals surface area (Å²) in [4.78, 5) is 59.7. The molecule has 2 spiro atoms. The van der Waals surface area contributed by atoms with Crippen molar-refractivity contribution >= 4 is 34.8 Å². The zero-order chi connectivity index (χ0) is 36.5. The Labute approximate surface area is 299 Å². The van der Waals surface area contributed by atoms with E-state index in [2.05, 4.69) is 16.0 Å². The van der Waals surface area contributed by atoms with Crippen molar-refractivity contribution in [1.29, 1.82) is 0 Å². The third-order valence-corrected chi connectivity index (χ3v) is 11.6. The Morgan fingerprint density at radius 3 is 2.15 bits per heavy atom. The second-order valence-electron chi connectivity index (χ2n) is 14.0. The van der Waals surface area contributed by atoms with Gasteiger partial charge in [-0.1, -0.05) is 48.5 Å². The van der Waals surface area contributed by atoms with Gasteiger partial charge in [0.25, 0.3) is 0 Å². The number of rotatable bonds is 8. The van der Waals surface area contributed by atoms with Gasteiger partial charge < -0.3 is 30.3 Å². The van der Waals surface area contributed by atoms with Gasteiger partial charge in [-0.2, -0.15) is 0 Å². The Morgan fingerprint density at radius 1 is 0.788 bits per heavy atom. The largest absolute Gasteiger partial charge is 0.504 e. The zero-order valence-electron chi connectivity index (χ0n) is 28.8. The summed E-state index contributed by atoms with van der Waals surface area (Å²) >= 11 is 0. The maximum Gasteiger partial charge on any atom is 0.250 e. The van der Waals surface area contributed by atoms with E-state index < -0.39 is 52.7 Å². The summed E-state index contributed by atoms with van der Waals surface area (Å²) in [7, 11) is 4.66. The van der Waals surface area contributed by atoms with Gasteiger partial charge in [0, 0.05) is 53.3 Å². The van der Waals surface area contributed by atoms with Crippen LogP contribution in [-0.2, 0) is 30.3 Å². The Kier molecular flexibility index (Phi) is 7.85. The molecule has 4 aromatic rings. The molecule has 8 rings (SSSR count). The van der Waals surface area contributed by atoms with Crippen LogP contribution in [0.15, 0.2) is 84.9 Å². The van der Waals surface area contributed by atoms with Crippen molar-refractivity contribution < 1.29 is 38.9 Å². The lowest BCUT2D eigenvalue weighted by molar-refractivity contribution is -0.139. The number of anilines is 2. The van der Waals surface area contributed by atoms with Crippen molar-refractivity contribution in [1.82, 2.24) is 10.2 Å². The van der Waals surface area contributed by atoms with E-state index >= 15 is 0 Å². The second-order valence-corrected chi connectivity index (χ2v) is 14.0. The van der Waals surface area contributed by atoms with Gasteiger partial charge in [0.15, 0.2) is 23.0 Å². The molecule has 266 valence electrons. The number of ketones is 2. The first-order valence-electron chi connectivity index (χ1n) is 17.1. The zero-order valence-corrected chi connectivity index (χ0v) is 28.8. The number of likely N-dealkylation sites (tertiary alicyclic amines) is 1. The molecule has 4 aliphatic heterocycles. The number of carbonyl (C=O) groups excluding carboxylic acids is 4. The van der Waals surface area contributed by atoms with E-state index in [1.54, 1.807) is 49.5 Å². The summed E-state index contributed by atoms with van der Waals surface area (Å²) in [6.07, 6.45) is -0.508. The fraction of sp³-hybridized carbons (Fsp3) is 0.300. The summed E-state index contributed by atoms with van der Waals surface area (Å²) < 4.78 is 10.7. The molecule has 4 heterocycles. The average Bonchev–Trinajstić information content (AvgIpc) is 3.86. The van der Waals surface area contributed by atoms with Crippen LogP contribution in [0, 0.1) is 11.8 Å². The number of ether oxygens (including phenoxy) is 2. The van der Waals surface area contributed by atoms with Gasteiger partial charge in [0.05, 0.1) is 26.6 Å². The highest BCUT2D eigenvalue weighted by molar-refractivity contribution is 6.13. The molecule has 0 saturated carbocycles. The number of amides is 2. The van der Waals surface area contributed by atoms with E-state index in [-0.39, 0.29) is 41.4 Å². The molecule has 4 aliphatic rings. The van der Waals surface area contributed by atoms with E-state index in [0.717, 1.165) is 0 Å². The van der Waals surface area contributed by atoms with Gasteiger partial charge in [0.1, 0.15) is 22.6 Å². The van der Waals surface area contributed by atoms with Gasteiger partial charge in [-0.05, 0) is 54.6 Å². The maximum atomic E-state index is 15.0. The summed E-state index contributed by atoms with van der Waals surface area (Å²) in [6, 6.07) is 24.2. The van der Waals surface area contributed by atoms with Crippen LogP contribution in [0.3, 0.4) is 0 Å². The Bertz CT molecular complexity index is 2170. The lowest BCUT2D eigenvalue weighted by atomic mass is 9.68. The number of hydrogen-bond acceptors (Lipinski definition) is 10. The summed E-state index contributed by atoms with van der Waals surface area (Å²) in [6.45, 7) is 0.385. The molecule has 12 nitrogen and oxygen atoms in total. The highest BCUT2D eigenvalue weighted by Gasteiger charge is 2.65. The van der Waals surface area contributed by atoms with Crippen LogP contribution in [0.1, 0.15) is 40.5 Å². The predicted molar refractivity (Wildman–Crippen MR) is 191 cm³/mol. The van der Waals surface area contributed by atoms with Gasteiger partial charge in [-0.15, -0.1) is 0 Å². The molecule has 6 atom stereocenters. The van der Waals surface area contributed by atoms with Crippen LogP contribution in [0.2, 0.25) is 0 Å². The van der Waals surface area contributed by atoms with Crippen LogP contribution in [0.4, 0.5) is 11.4 Å². The molecule has 0 aliphatic carbocycles. The lowest BCUT2D eigenvalue weighted by Crippen LogP contribution is -2.51. The fourth-order valence-corrected chi connectivity index (χ4v) is 9.36. The van der Waals surface area contributed by atoms with E-state index in [4.69, 9.17) is 9.47 Å². The van der Waals surface area contributed by atoms with Crippen molar-refractivity contribution in [3.8, 4) is 23.0 Å². The Hall–Kier alpha value is -5.72. The molecular formula is C40H38N4O8. The monoisotopic (exact) mass is 702 g/mol. The molecule has 0 radical (unpaired) electrons. The number of fused-ring (bicyclic) bond motifs is 4. The smallest absolute Gasteiger partial charge is 0.250 e. The Morgan fingerprint density at radius 2 is 1.44 bits per heavy atom. The number of phenolic OH excluding ortho intramolecular Hbond substituents is 2. The van der Waals surface area contributed by atoms with Crippen LogP contribution < -0.4 is 25.4 Å².